The number of ether oxygens (including phenoxy) is 1. The van der Waals surface area contributed by atoms with E-state index in [2.05, 4.69) is 31.0 Å². The average Bonchev–Trinajstić information content (AvgIpc) is 2.37. The molecule has 0 aromatic heterocycles. The minimum atomic E-state index is 0.310. The zero-order valence-electron chi connectivity index (χ0n) is 12.0. The summed E-state index contributed by atoms with van der Waals surface area (Å²) in [6, 6.07) is 1.19. The first kappa shape index (κ1) is 14.9. The Morgan fingerprint density at radius 2 is 2.12 bits per heavy atom. The van der Waals surface area contributed by atoms with E-state index in [1.807, 2.05) is 7.11 Å². The molecule has 0 aromatic carbocycles. The van der Waals surface area contributed by atoms with E-state index in [9.17, 15) is 0 Å². The van der Waals surface area contributed by atoms with Crippen molar-refractivity contribution in [3.8, 4) is 0 Å². The van der Waals surface area contributed by atoms with E-state index in [4.69, 9.17) is 4.74 Å². The maximum Gasteiger partial charge on any atom is 0.0695 e. The van der Waals surface area contributed by atoms with Crippen LogP contribution in [-0.4, -0.2) is 49.8 Å². The Morgan fingerprint density at radius 1 is 1.35 bits per heavy atom. The van der Waals surface area contributed by atoms with E-state index in [0.717, 1.165) is 0 Å². The highest BCUT2D eigenvalue weighted by Gasteiger charge is 2.23. The van der Waals surface area contributed by atoms with Gasteiger partial charge in [-0.05, 0) is 46.2 Å². The van der Waals surface area contributed by atoms with Crippen LogP contribution in [0.3, 0.4) is 0 Å². The molecule has 3 nitrogen and oxygen atoms in total. The summed E-state index contributed by atoms with van der Waals surface area (Å²) in [4.78, 5) is 2.58. The van der Waals surface area contributed by atoms with Crippen molar-refractivity contribution >= 4 is 0 Å². The molecule has 3 unspecified atom stereocenters. The van der Waals surface area contributed by atoms with Crippen molar-refractivity contribution in [1.82, 2.24) is 10.2 Å². The van der Waals surface area contributed by atoms with E-state index >= 15 is 0 Å². The third-order valence-corrected chi connectivity index (χ3v) is 4.01. The maximum atomic E-state index is 5.47. The monoisotopic (exact) mass is 242 g/mol. The summed E-state index contributed by atoms with van der Waals surface area (Å²) in [5, 5.41) is 3.64. The van der Waals surface area contributed by atoms with Crippen LogP contribution in [-0.2, 0) is 4.74 Å². The molecule has 1 saturated heterocycles. The highest BCUT2D eigenvalue weighted by atomic mass is 16.5. The highest BCUT2D eigenvalue weighted by Crippen LogP contribution is 2.13. The largest absolute Gasteiger partial charge is 0.380 e. The molecule has 0 aliphatic carbocycles. The van der Waals surface area contributed by atoms with Crippen LogP contribution in [0.2, 0.25) is 0 Å². The molecule has 3 heteroatoms. The summed E-state index contributed by atoms with van der Waals surface area (Å²) in [7, 11) is 1.81. The van der Waals surface area contributed by atoms with Crippen LogP contribution < -0.4 is 5.32 Å². The minimum absolute atomic E-state index is 0.310. The Balaban J connectivity index is 2.45. The summed E-state index contributed by atoms with van der Waals surface area (Å²) in [6.45, 7) is 10.2. The van der Waals surface area contributed by atoms with E-state index in [-0.39, 0.29) is 0 Å². The van der Waals surface area contributed by atoms with Crippen molar-refractivity contribution in [3.63, 3.8) is 0 Å². The Labute approximate surface area is 107 Å². The molecule has 1 N–H and O–H groups in total. The first-order chi connectivity index (χ1) is 8.19. The van der Waals surface area contributed by atoms with Crippen LogP contribution >= 0.6 is 0 Å². The molecule has 17 heavy (non-hydrogen) atoms. The van der Waals surface area contributed by atoms with Gasteiger partial charge in [0.05, 0.1) is 6.10 Å². The molecule has 3 atom stereocenters. The highest BCUT2D eigenvalue weighted by molar-refractivity contribution is 4.80. The van der Waals surface area contributed by atoms with Crippen molar-refractivity contribution in [3.05, 3.63) is 0 Å². The van der Waals surface area contributed by atoms with Gasteiger partial charge < -0.3 is 10.1 Å². The molecule has 102 valence electrons. The van der Waals surface area contributed by atoms with Gasteiger partial charge in [0, 0.05) is 25.7 Å². The number of hydrogen-bond donors (Lipinski definition) is 1. The van der Waals surface area contributed by atoms with Crippen molar-refractivity contribution in [1.29, 1.82) is 0 Å². The Kier molecular flexibility index (Phi) is 7.09. The number of nitrogens with one attached hydrogen (secondary N) is 1. The topological polar surface area (TPSA) is 24.5 Å². The van der Waals surface area contributed by atoms with Crippen LogP contribution in [0.25, 0.3) is 0 Å². The van der Waals surface area contributed by atoms with Gasteiger partial charge in [-0.3, -0.25) is 4.90 Å². The van der Waals surface area contributed by atoms with Crippen LogP contribution in [0.15, 0.2) is 0 Å². The standard InChI is InChI=1S/C14H30N2O/c1-5-10-16(12(2)13(3)17-4)11-14-8-6-7-9-15-14/h12-15H,5-11H2,1-4H3. The maximum absolute atomic E-state index is 5.47. The van der Waals surface area contributed by atoms with E-state index in [1.54, 1.807) is 0 Å². The van der Waals surface area contributed by atoms with Crippen molar-refractivity contribution < 1.29 is 4.74 Å². The first-order valence-corrected chi connectivity index (χ1v) is 7.19. The van der Waals surface area contributed by atoms with E-state index in [1.165, 1.54) is 45.3 Å². The van der Waals surface area contributed by atoms with Crippen molar-refractivity contribution in [2.45, 2.75) is 64.6 Å². The summed E-state index contributed by atoms with van der Waals surface area (Å²) < 4.78 is 5.47. The number of rotatable bonds is 7. The fourth-order valence-electron chi connectivity index (χ4n) is 2.61. The smallest absolute Gasteiger partial charge is 0.0695 e. The Hall–Kier alpha value is -0.120. The van der Waals surface area contributed by atoms with Gasteiger partial charge in [0.15, 0.2) is 0 Å². The minimum Gasteiger partial charge on any atom is -0.380 e. The van der Waals surface area contributed by atoms with Gasteiger partial charge in [-0.15, -0.1) is 0 Å². The van der Waals surface area contributed by atoms with Gasteiger partial charge in [0.2, 0.25) is 0 Å². The molecule has 0 bridgehead atoms. The lowest BCUT2D eigenvalue weighted by Crippen LogP contribution is -2.49. The van der Waals surface area contributed by atoms with Gasteiger partial charge in [0.25, 0.3) is 0 Å². The summed E-state index contributed by atoms with van der Waals surface area (Å²) in [6.07, 6.45) is 5.58. The van der Waals surface area contributed by atoms with Crippen LogP contribution in [0, 0.1) is 0 Å². The molecule has 0 radical (unpaired) electrons. The van der Waals surface area contributed by atoms with Gasteiger partial charge in [-0.2, -0.15) is 0 Å². The predicted molar refractivity (Wildman–Crippen MR) is 73.4 cm³/mol. The van der Waals surface area contributed by atoms with E-state index in [0.29, 0.717) is 18.2 Å². The molecular weight excluding hydrogens is 212 g/mol. The molecular formula is C14H30N2O. The number of methoxy groups -OCH3 is 1. The third kappa shape index (κ3) is 4.94. The van der Waals surface area contributed by atoms with Crippen LogP contribution in [0.5, 0.6) is 0 Å². The number of nitrogens with zero attached hydrogens (tertiary/aromatic N) is 1. The molecule has 1 aliphatic heterocycles. The molecule has 0 amide bonds. The number of piperidine rings is 1. The van der Waals surface area contributed by atoms with E-state index < -0.39 is 0 Å². The lowest BCUT2D eigenvalue weighted by molar-refractivity contribution is 0.0280. The Bertz CT molecular complexity index is 193. The van der Waals surface area contributed by atoms with Gasteiger partial charge in [-0.1, -0.05) is 13.3 Å². The Morgan fingerprint density at radius 3 is 2.65 bits per heavy atom. The zero-order valence-corrected chi connectivity index (χ0v) is 12.0. The molecule has 1 fully saturated rings. The quantitative estimate of drug-likeness (QED) is 0.741. The fraction of sp³-hybridized carbons (Fsp3) is 1.00. The van der Waals surface area contributed by atoms with Crippen molar-refractivity contribution in [2.24, 2.45) is 0 Å². The molecule has 1 heterocycles. The molecule has 1 rings (SSSR count). The van der Waals surface area contributed by atoms with Crippen LogP contribution in [0.1, 0.15) is 46.5 Å². The second-order valence-corrected chi connectivity index (χ2v) is 5.32. The lowest BCUT2D eigenvalue weighted by Gasteiger charge is -2.36. The lowest BCUT2D eigenvalue weighted by atomic mass is 10.0. The summed E-state index contributed by atoms with van der Waals surface area (Å²) in [5.41, 5.74) is 0. The molecule has 0 saturated carbocycles. The predicted octanol–water partition coefficient (Wildman–Crippen LogP) is 2.26. The first-order valence-electron chi connectivity index (χ1n) is 7.19. The molecule has 1 aliphatic rings. The van der Waals surface area contributed by atoms with Gasteiger partial charge in [-0.25, -0.2) is 0 Å². The van der Waals surface area contributed by atoms with Gasteiger partial charge >= 0.3 is 0 Å². The third-order valence-electron chi connectivity index (χ3n) is 4.01. The SMILES string of the molecule is CCCN(CC1CCCCN1)C(C)C(C)OC. The second-order valence-electron chi connectivity index (χ2n) is 5.32. The number of hydrogen-bond acceptors (Lipinski definition) is 3. The van der Waals surface area contributed by atoms with Crippen LogP contribution in [0.4, 0.5) is 0 Å². The molecule has 0 aromatic rings. The average molecular weight is 242 g/mol. The zero-order chi connectivity index (χ0) is 12.7. The summed E-state index contributed by atoms with van der Waals surface area (Å²) >= 11 is 0. The normalized spacial score (nSPS) is 24.9. The summed E-state index contributed by atoms with van der Waals surface area (Å²) in [5.74, 6) is 0. The second kappa shape index (κ2) is 8.06. The molecule has 0 spiro atoms. The fourth-order valence-corrected chi connectivity index (χ4v) is 2.61. The van der Waals surface area contributed by atoms with Crippen molar-refractivity contribution in [2.75, 3.05) is 26.7 Å². The van der Waals surface area contributed by atoms with Gasteiger partial charge in [0.1, 0.15) is 0 Å².